The molecule has 1 atom stereocenters. The average molecular weight is 402 g/mol. The van der Waals surface area contributed by atoms with E-state index in [1.807, 2.05) is 25.1 Å². The molecule has 1 amide bonds. The van der Waals surface area contributed by atoms with Gasteiger partial charge in [0.15, 0.2) is 6.61 Å². The Balaban J connectivity index is 1.64. The molecule has 1 aliphatic rings. The number of hydrogen-bond acceptors (Lipinski definition) is 5. The third-order valence-electron chi connectivity index (χ3n) is 4.47. The van der Waals surface area contributed by atoms with Gasteiger partial charge in [0.2, 0.25) is 0 Å². The highest BCUT2D eigenvalue weighted by Gasteiger charge is 2.25. The van der Waals surface area contributed by atoms with E-state index in [1.54, 1.807) is 24.3 Å². The number of ether oxygens (including phenoxy) is 2. The molecule has 1 saturated heterocycles. The second-order valence-electron chi connectivity index (χ2n) is 6.47. The Bertz CT molecular complexity index is 808. The fourth-order valence-electron chi connectivity index (χ4n) is 3.14. The summed E-state index contributed by atoms with van der Waals surface area (Å²) >= 11 is 6.03. The maximum atomic E-state index is 12.1. The summed E-state index contributed by atoms with van der Waals surface area (Å²) in [5, 5.41) is 4.80. The van der Waals surface area contributed by atoms with Crippen LogP contribution in [0.5, 0.6) is 5.75 Å². The smallest absolute Gasteiger partial charge is 0.277 e. The van der Waals surface area contributed by atoms with Gasteiger partial charge in [-0.1, -0.05) is 54.1 Å². The first-order chi connectivity index (χ1) is 13.6. The number of hydrogen-bond donors (Lipinski definition) is 1. The minimum atomic E-state index is -0.340. The molecule has 0 saturated carbocycles. The minimum Gasteiger partial charge on any atom is -0.482 e. The van der Waals surface area contributed by atoms with Crippen LogP contribution in [0, 0.1) is 0 Å². The van der Waals surface area contributed by atoms with Crippen molar-refractivity contribution < 1.29 is 14.3 Å². The first kappa shape index (κ1) is 20.3. The van der Waals surface area contributed by atoms with Crippen LogP contribution in [-0.2, 0) is 9.53 Å². The highest BCUT2D eigenvalue weighted by molar-refractivity contribution is 6.32. The van der Waals surface area contributed by atoms with E-state index in [0.717, 1.165) is 24.4 Å². The Morgan fingerprint density at radius 2 is 1.86 bits per heavy atom. The summed E-state index contributed by atoms with van der Waals surface area (Å²) in [6.45, 7) is 4.77. The molecule has 1 aliphatic heterocycles. The molecule has 1 N–H and O–H groups in total. The van der Waals surface area contributed by atoms with E-state index in [2.05, 4.69) is 27.6 Å². The van der Waals surface area contributed by atoms with Crippen LogP contribution >= 0.6 is 11.6 Å². The molecule has 0 bridgehead atoms. The highest BCUT2D eigenvalue weighted by Crippen LogP contribution is 2.24. The molecule has 3 rings (SSSR count). The summed E-state index contributed by atoms with van der Waals surface area (Å²) in [7, 11) is 0. The first-order valence-corrected chi connectivity index (χ1v) is 9.60. The summed E-state index contributed by atoms with van der Waals surface area (Å²) < 4.78 is 10.9. The van der Waals surface area contributed by atoms with Gasteiger partial charge in [0, 0.05) is 13.1 Å². The Labute approximate surface area is 170 Å². The molecule has 28 heavy (non-hydrogen) atoms. The van der Waals surface area contributed by atoms with Crippen LogP contribution in [0.4, 0.5) is 0 Å². The number of para-hydroxylation sites is 1. The van der Waals surface area contributed by atoms with Gasteiger partial charge in [-0.05, 0) is 24.6 Å². The zero-order valence-corrected chi connectivity index (χ0v) is 16.6. The largest absolute Gasteiger partial charge is 0.482 e. The predicted molar refractivity (Wildman–Crippen MR) is 110 cm³/mol. The van der Waals surface area contributed by atoms with Crippen molar-refractivity contribution in [2.45, 2.75) is 13.0 Å². The van der Waals surface area contributed by atoms with Gasteiger partial charge in [-0.25, -0.2) is 5.43 Å². The normalized spacial score (nSPS) is 16.4. The van der Waals surface area contributed by atoms with E-state index >= 15 is 0 Å². The van der Waals surface area contributed by atoms with Crippen LogP contribution in [0.25, 0.3) is 0 Å². The van der Waals surface area contributed by atoms with E-state index in [9.17, 15) is 4.79 Å². The quantitative estimate of drug-likeness (QED) is 0.571. The number of morpholine rings is 1. The number of nitrogens with one attached hydrogen (secondary N) is 1. The second kappa shape index (κ2) is 10.2. The fourth-order valence-corrected chi connectivity index (χ4v) is 3.33. The highest BCUT2D eigenvalue weighted by atomic mass is 35.5. The maximum absolute atomic E-state index is 12.1. The molecular formula is C21H24ClN3O3. The number of nitrogens with zero attached hydrogens (tertiary/aromatic N) is 2. The summed E-state index contributed by atoms with van der Waals surface area (Å²) in [6, 6.07) is 17.2. The van der Waals surface area contributed by atoms with Crippen molar-refractivity contribution in [2.24, 2.45) is 5.10 Å². The van der Waals surface area contributed by atoms with Crippen LogP contribution in [0.15, 0.2) is 59.7 Å². The number of halogens is 1. The van der Waals surface area contributed by atoms with Crippen LogP contribution in [0.1, 0.15) is 18.5 Å². The van der Waals surface area contributed by atoms with Crippen molar-refractivity contribution >= 4 is 23.2 Å². The average Bonchev–Trinajstić information content (AvgIpc) is 2.73. The van der Waals surface area contributed by atoms with Gasteiger partial charge in [-0.15, -0.1) is 0 Å². The van der Waals surface area contributed by atoms with Crippen molar-refractivity contribution in [3.63, 3.8) is 0 Å². The summed E-state index contributed by atoms with van der Waals surface area (Å²) in [4.78, 5) is 14.5. The number of hydrazone groups is 1. The molecule has 0 radical (unpaired) electrons. The van der Waals surface area contributed by atoms with Crippen LogP contribution in [0.2, 0.25) is 5.02 Å². The number of carbonyl (C=O) groups is 1. The molecule has 0 aromatic heterocycles. The second-order valence-corrected chi connectivity index (χ2v) is 6.88. The van der Waals surface area contributed by atoms with Gasteiger partial charge in [0.1, 0.15) is 5.75 Å². The molecule has 1 fully saturated rings. The Morgan fingerprint density at radius 1 is 1.18 bits per heavy atom. The van der Waals surface area contributed by atoms with Gasteiger partial charge >= 0.3 is 0 Å². The van der Waals surface area contributed by atoms with Crippen molar-refractivity contribution in [3.8, 4) is 5.75 Å². The van der Waals surface area contributed by atoms with E-state index in [0.29, 0.717) is 24.0 Å². The summed E-state index contributed by atoms with van der Waals surface area (Å²) in [5.74, 6) is 0.128. The van der Waals surface area contributed by atoms with Gasteiger partial charge in [0.05, 0.1) is 30.0 Å². The molecule has 1 heterocycles. The summed E-state index contributed by atoms with van der Waals surface area (Å²) in [6.07, 6.45) is 0. The van der Waals surface area contributed by atoms with Gasteiger partial charge in [0.25, 0.3) is 5.91 Å². The standard InChI is InChI=1S/C21H24ClN3O3/c1-16(23-24-20(26)15-28-19-10-6-5-9-18(19)22)21(17-7-3-2-4-8-17)25-11-13-27-14-12-25/h2-10,21H,11-15H2,1H3,(H,24,26)/b23-16-/t21-/m1/s1. The number of rotatable bonds is 7. The third-order valence-corrected chi connectivity index (χ3v) is 4.79. The monoisotopic (exact) mass is 401 g/mol. The van der Waals surface area contributed by atoms with E-state index in [4.69, 9.17) is 21.1 Å². The van der Waals surface area contributed by atoms with Gasteiger partial charge in [-0.3, -0.25) is 9.69 Å². The Hall–Kier alpha value is -2.41. The third kappa shape index (κ3) is 5.55. The Morgan fingerprint density at radius 3 is 2.57 bits per heavy atom. The van der Waals surface area contributed by atoms with Gasteiger partial charge < -0.3 is 9.47 Å². The van der Waals surface area contributed by atoms with E-state index in [-0.39, 0.29) is 18.6 Å². The van der Waals surface area contributed by atoms with Crippen molar-refractivity contribution in [2.75, 3.05) is 32.9 Å². The van der Waals surface area contributed by atoms with Crippen molar-refractivity contribution in [1.82, 2.24) is 10.3 Å². The SMILES string of the molecule is C/C(=N/NC(=O)COc1ccccc1Cl)[C@H](c1ccccc1)N1CCOCC1. The van der Waals surface area contributed by atoms with Crippen LogP contribution in [-0.4, -0.2) is 49.4 Å². The molecule has 0 spiro atoms. The zero-order valence-electron chi connectivity index (χ0n) is 15.8. The van der Waals surface area contributed by atoms with Crippen LogP contribution < -0.4 is 10.2 Å². The molecule has 6 nitrogen and oxygen atoms in total. The molecule has 0 aliphatic carbocycles. The lowest BCUT2D eigenvalue weighted by atomic mass is 10.0. The maximum Gasteiger partial charge on any atom is 0.277 e. The van der Waals surface area contributed by atoms with E-state index in [1.165, 1.54) is 0 Å². The molecule has 2 aromatic carbocycles. The number of amides is 1. The molecule has 7 heteroatoms. The zero-order chi connectivity index (χ0) is 19.8. The van der Waals surface area contributed by atoms with Gasteiger partial charge in [-0.2, -0.15) is 5.10 Å². The fraction of sp³-hybridized carbons (Fsp3) is 0.333. The number of carbonyl (C=O) groups excluding carboxylic acids is 1. The summed E-state index contributed by atoms with van der Waals surface area (Å²) in [5.41, 5.74) is 4.52. The minimum absolute atomic E-state index is 0.0186. The Kier molecular flexibility index (Phi) is 7.42. The van der Waals surface area contributed by atoms with Crippen LogP contribution in [0.3, 0.4) is 0 Å². The molecule has 148 valence electrons. The molecular weight excluding hydrogens is 378 g/mol. The van der Waals surface area contributed by atoms with Crippen molar-refractivity contribution in [1.29, 1.82) is 0 Å². The van der Waals surface area contributed by atoms with Crippen molar-refractivity contribution in [3.05, 3.63) is 65.2 Å². The molecule has 2 aromatic rings. The number of benzene rings is 2. The lowest BCUT2D eigenvalue weighted by Gasteiger charge is -2.34. The first-order valence-electron chi connectivity index (χ1n) is 9.22. The lowest BCUT2D eigenvalue weighted by molar-refractivity contribution is -0.123. The topological polar surface area (TPSA) is 63.2 Å². The lowest BCUT2D eigenvalue weighted by Crippen LogP contribution is -2.42. The predicted octanol–water partition coefficient (Wildman–Crippen LogP) is 3.28. The molecule has 0 unspecified atom stereocenters. The van der Waals surface area contributed by atoms with E-state index < -0.39 is 0 Å².